The summed E-state index contributed by atoms with van der Waals surface area (Å²) in [7, 11) is 1.73. The van der Waals surface area contributed by atoms with Gasteiger partial charge in [0.1, 0.15) is 5.75 Å². The summed E-state index contributed by atoms with van der Waals surface area (Å²) < 4.78 is 5.42. The van der Waals surface area contributed by atoms with Crippen molar-refractivity contribution < 1.29 is 9.53 Å². The van der Waals surface area contributed by atoms with Crippen molar-refractivity contribution in [1.29, 1.82) is 0 Å². The van der Waals surface area contributed by atoms with Gasteiger partial charge in [0.25, 0.3) is 0 Å². The molecule has 1 aromatic rings. The summed E-state index contributed by atoms with van der Waals surface area (Å²) in [6, 6.07) is 8.22. The van der Waals surface area contributed by atoms with Crippen LogP contribution in [-0.2, 0) is 11.2 Å². The molecule has 0 aromatic heterocycles. The number of hydrogen-bond acceptors (Lipinski definition) is 3. The first-order valence-electron chi connectivity index (χ1n) is 8.82. The van der Waals surface area contributed by atoms with E-state index in [4.69, 9.17) is 4.74 Å². The third-order valence-electron chi connectivity index (χ3n) is 5.29. The Labute approximate surface area is 139 Å². The number of nitrogens with zero attached hydrogens (tertiary/aromatic N) is 2. The number of benzene rings is 1. The Hall–Kier alpha value is -1.55. The topological polar surface area (TPSA) is 32.8 Å². The Morgan fingerprint density at radius 2 is 1.91 bits per heavy atom. The van der Waals surface area contributed by atoms with E-state index in [0.29, 0.717) is 11.8 Å². The average molecular weight is 316 g/mol. The van der Waals surface area contributed by atoms with E-state index < -0.39 is 0 Å². The van der Waals surface area contributed by atoms with Crippen LogP contribution in [-0.4, -0.2) is 55.5 Å². The number of amides is 1. The molecule has 1 saturated heterocycles. The van der Waals surface area contributed by atoms with E-state index in [1.807, 2.05) is 12.1 Å². The van der Waals surface area contributed by atoms with Crippen LogP contribution in [0.25, 0.3) is 0 Å². The predicted molar refractivity (Wildman–Crippen MR) is 91.6 cm³/mol. The minimum atomic E-state index is 0.232. The molecule has 3 rings (SSSR count). The number of piperazine rings is 1. The molecule has 2 aliphatic rings. The molecule has 1 aliphatic heterocycles. The fraction of sp³-hybridized carbons (Fsp3) is 0.632. The predicted octanol–water partition coefficient (Wildman–Crippen LogP) is 2.43. The molecule has 2 fully saturated rings. The lowest BCUT2D eigenvalue weighted by Gasteiger charge is -2.36. The smallest absolute Gasteiger partial charge is 0.225 e. The van der Waals surface area contributed by atoms with Crippen molar-refractivity contribution in [2.45, 2.75) is 26.2 Å². The van der Waals surface area contributed by atoms with E-state index in [2.05, 4.69) is 28.9 Å². The van der Waals surface area contributed by atoms with Crippen molar-refractivity contribution >= 4 is 5.91 Å². The van der Waals surface area contributed by atoms with Crippen LogP contribution < -0.4 is 4.74 Å². The van der Waals surface area contributed by atoms with Crippen LogP contribution in [0.4, 0.5) is 0 Å². The Morgan fingerprint density at radius 3 is 2.57 bits per heavy atom. The molecule has 1 heterocycles. The van der Waals surface area contributed by atoms with Crippen LogP contribution in [0.15, 0.2) is 24.3 Å². The Morgan fingerprint density at radius 1 is 1.22 bits per heavy atom. The molecule has 1 aromatic carbocycles. The minimum Gasteiger partial charge on any atom is -0.496 e. The van der Waals surface area contributed by atoms with Crippen molar-refractivity contribution in [1.82, 2.24) is 9.80 Å². The van der Waals surface area contributed by atoms with E-state index in [9.17, 15) is 4.79 Å². The number of carbonyl (C=O) groups excluding carboxylic acids is 1. The maximum absolute atomic E-state index is 12.4. The van der Waals surface area contributed by atoms with Gasteiger partial charge in [-0.1, -0.05) is 25.1 Å². The van der Waals surface area contributed by atoms with Crippen LogP contribution in [0.1, 0.15) is 25.3 Å². The highest BCUT2D eigenvalue weighted by Crippen LogP contribution is 2.37. The van der Waals surface area contributed by atoms with Gasteiger partial charge in [-0.15, -0.1) is 0 Å². The second kappa shape index (κ2) is 7.35. The summed E-state index contributed by atoms with van der Waals surface area (Å²) in [4.78, 5) is 17.0. The van der Waals surface area contributed by atoms with E-state index in [-0.39, 0.29) is 5.92 Å². The quantitative estimate of drug-likeness (QED) is 0.808. The lowest BCUT2D eigenvalue weighted by molar-refractivity contribution is -0.137. The van der Waals surface area contributed by atoms with Gasteiger partial charge < -0.3 is 9.64 Å². The third kappa shape index (κ3) is 4.05. The first-order valence-corrected chi connectivity index (χ1v) is 8.82. The maximum Gasteiger partial charge on any atom is 0.225 e. The molecule has 0 radical (unpaired) electrons. The number of ether oxygens (including phenoxy) is 1. The second-order valence-electron chi connectivity index (χ2n) is 6.85. The van der Waals surface area contributed by atoms with Crippen LogP contribution >= 0.6 is 0 Å². The van der Waals surface area contributed by atoms with E-state index >= 15 is 0 Å². The van der Waals surface area contributed by atoms with Crippen molar-refractivity contribution in [3.05, 3.63) is 29.8 Å². The highest BCUT2D eigenvalue weighted by Gasteiger charge is 2.35. The Bertz CT molecular complexity index is 534. The standard InChI is InChI=1S/C19H28N2O2/c1-15(16-7-8-16)19(22)21-13-11-20(12-14-21)10-9-17-5-3-4-6-18(17)23-2/h3-6,15-16H,7-14H2,1-2H3. The van der Waals surface area contributed by atoms with Crippen LogP contribution in [0, 0.1) is 11.8 Å². The average Bonchev–Trinajstić information content (AvgIpc) is 3.44. The zero-order valence-corrected chi connectivity index (χ0v) is 14.3. The van der Waals surface area contributed by atoms with Gasteiger partial charge in [0.05, 0.1) is 7.11 Å². The van der Waals surface area contributed by atoms with Crippen LogP contribution in [0.2, 0.25) is 0 Å². The van der Waals surface area contributed by atoms with Crippen molar-refractivity contribution in [3.63, 3.8) is 0 Å². The molecular weight excluding hydrogens is 288 g/mol. The third-order valence-corrected chi connectivity index (χ3v) is 5.29. The minimum absolute atomic E-state index is 0.232. The van der Waals surface area contributed by atoms with Crippen molar-refractivity contribution in [2.75, 3.05) is 39.8 Å². The van der Waals surface area contributed by atoms with Crippen LogP contribution in [0.3, 0.4) is 0 Å². The van der Waals surface area contributed by atoms with Gasteiger partial charge in [0.2, 0.25) is 5.91 Å². The molecule has 23 heavy (non-hydrogen) atoms. The largest absolute Gasteiger partial charge is 0.496 e. The summed E-state index contributed by atoms with van der Waals surface area (Å²) in [5.74, 6) is 2.23. The normalized spacial score (nSPS) is 20.3. The monoisotopic (exact) mass is 316 g/mol. The molecule has 1 saturated carbocycles. The number of methoxy groups -OCH3 is 1. The number of hydrogen-bond donors (Lipinski definition) is 0. The molecule has 0 N–H and O–H groups in total. The molecule has 4 nitrogen and oxygen atoms in total. The van der Waals surface area contributed by atoms with Gasteiger partial charge in [-0.25, -0.2) is 0 Å². The number of rotatable bonds is 6. The zero-order chi connectivity index (χ0) is 16.2. The summed E-state index contributed by atoms with van der Waals surface area (Å²) in [6.07, 6.45) is 3.48. The molecule has 1 aliphatic carbocycles. The fourth-order valence-corrected chi connectivity index (χ4v) is 3.47. The van der Waals surface area contributed by atoms with Gasteiger partial charge in [-0.2, -0.15) is 0 Å². The summed E-state index contributed by atoms with van der Waals surface area (Å²) in [6.45, 7) is 6.86. The SMILES string of the molecule is COc1ccccc1CCN1CCN(C(=O)C(C)C2CC2)CC1. The molecular formula is C19H28N2O2. The van der Waals surface area contributed by atoms with E-state index in [1.54, 1.807) is 7.11 Å². The van der Waals surface area contributed by atoms with Gasteiger partial charge in [-0.3, -0.25) is 9.69 Å². The maximum atomic E-state index is 12.4. The molecule has 4 heteroatoms. The highest BCUT2D eigenvalue weighted by molar-refractivity contribution is 5.79. The van der Waals surface area contributed by atoms with Gasteiger partial charge in [-0.05, 0) is 36.8 Å². The summed E-state index contributed by atoms with van der Waals surface area (Å²) in [5, 5.41) is 0. The van der Waals surface area contributed by atoms with Gasteiger partial charge in [0.15, 0.2) is 0 Å². The molecule has 0 spiro atoms. The highest BCUT2D eigenvalue weighted by atomic mass is 16.5. The van der Waals surface area contributed by atoms with Gasteiger partial charge in [0, 0.05) is 38.6 Å². The molecule has 1 amide bonds. The molecule has 0 bridgehead atoms. The summed E-state index contributed by atoms with van der Waals surface area (Å²) >= 11 is 0. The lowest BCUT2D eigenvalue weighted by atomic mass is 10.0. The Balaban J connectivity index is 1.45. The molecule has 126 valence electrons. The van der Waals surface area contributed by atoms with Crippen LogP contribution in [0.5, 0.6) is 5.75 Å². The zero-order valence-electron chi connectivity index (χ0n) is 14.3. The van der Waals surface area contributed by atoms with Crippen molar-refractivity contribution in [3.8, 4) is 5.75 Å². The van der Waals surface area contributed by atoms with Gasteiger partial charge >= 0.3 is 0 Å². The second-order valence-corrected chi connectivity index (χ2v) is 6.85. The first kappa shape index (κ1) is 16.3. The first-order chi connectivity index (χ1) is 11.2. The van der Waals surface area contributed by atoms with E-state index in [0.717, 1.165) is 44.9 Å². The van der Waals surface area contributed by atoms with Crippen molar-refractivity contribution in [2.24, 2.45) is 11.8 Å². The molecule has 1 unspecified atom stereocenters. The fourth-order valence-electron chi connectivity index (χ4n) is 3.47. The Kier molecular flexibility index (Phi) is 5.21. The number of carbonyl (C=O) groups is 1. The molecule has 1 atom stereocenters. The lowest BCUT2D eigenvalue weighted by Crippen LogP contribution is -2.50. The number of para-hydroxylation sites is 1. The van der Waals surface area contributed by atoms with E-state index in [1.165, 1.54) is 18.4 Å². The summed E-state index contributed by atoms with van der Waals surface area (Å²) in [5.41, 5.74) is 1.26.